The first kappa shape index (κ1) is 20.4. The summed E-state index contributed by atoms with van der Waals surface area (Å²) in [6.07, 6.45) is 10.2. The van der Waals surface area contributed by atoms with Gasteiger partial charge in [0.15, 0.2) is 0 Å². The number of benzene rings is 1. The maximum atomic E-state index is 11.0. The molecule has 0 saturated carbocycles. The van der Waals surface area contributed by atoms with Gasteiger partial charge in [-0.3, -0.25) is 0 Å². The molecule has 0 aliphatic carbocycles. The van der Waals surface area contributed by atoms with Crippen molar-refractivity contribution >= 4 is 6.09 Å². The van der Waals surface area contributed by atoms with E-state index in [2.05, 4.69) is 29.2 Å². The summed E-state index contributed by atoms with van der Waals surface area (Å²) >= 11 is 0. The predicted molar refractivity (Wildman–Crippen MR) is 108 cm³/mol. The molecule has 2 heterocycles. The van der Waals surface area contributed by atoms with Gasteiger partial charge < -0.3 is 14.5 Å². The number of aromatic nitrogens is 2. The number of hydrogen-bond donors (Lipinski definition) is 1. The molecule has 28 heavy (non-hydrogen) atoms. The van der Waals surface area contributed by atoms with Crippen molar-refractivity contribution in [3.8, 4) is 11.4 Å². The van der Waals surface area contributed by atoms with Crippen LogP contribution < -0.4 is 0 Å². The number of aryl methyl sites for hydroxylation is 1. The van der Waals surface area contributed by atoms with E-state index in [0.29, 0.717) is 24.8 Å². The van der Waals surface area contributed by atoms with Gasteiger partial charge in [-0.1, -0.05) is 74.9 Å². The van der Waals surface area contributed by atoms with Gasteiger partial charge >= 0.3 is 6.09 Å². The Morgan fingerprint density at radius 3 is 2.54 bits per heavy atom. The second kappa shape index (κ2) is 10.2. The molecular weight excluding hydrogens is 354 g/mol. The zero-order valence-corrected chi connectivity index (χ0v) is 16.8. The highest BCUT2D eigenvalue weighted by molar-refractivity contribution is 5.65. The lowest BCUT2D eigenvalue weighted by Crippen LogP contribution is -2.26. The minimum atomic E-state index is -0.890. The van der Waals surface area contributed by atoms with Gasteiger partial charge in [0.2, 0.25) is 11.7 Å². The molecule has 1 aromatic carbocycles. The number of rotatable bonds is 10. The smallest absolute Gasteiger partial charge is 0.407 e. The number of likely N-dealkylation sites (tertiary alicyclic amines) is 1. The van der Waals surface area contributed by atoms with Crippen molar-refractivity contribution in [3.63, 3.8) is 0 Å². The molecule has 1 aliphatic heterocycles. The van der Waals surface area contributed by atoms with Gasteiger partial charge in [-0.25, -0.2) is 4.79 Å². The van der Waals surface area contributed by atoms with Crippen LogP contribution in [0, 0.1) is 0 Å². The number of carbonyl (C=O) groups is 1. The minimum absolute atomic E-state index is 0.00560. The van der Waals surface area contributed by atoms with Crippen LogP contribution in [0.4, 0.5) is 4.79 Å². The summed E-state index contributed by atoms with van der Waals surface area (Å²) in [4.78, 5) is 16.9. The molecule has 1 saturated heterocycles. The van der Waals surface area contributed by atoms with Crippen molar-refractivity contribution in [1.82, 2.24) is 15.0 Å². The molecule has 0 unspecified atom stereocenters. The van der Waals surface area contributed by atoms with E-state index < -0.39 is 6.09 Å². The van der Waals surface area contributed by atoms with Crippen LogP contribution in [0.25, 0.3) is 11.4 Å². The van der Waals surface area contributed by atoms with Crippen LogP contribution in [0.3, 0.4) is 0 Å². The monoisotopic (exact) mass is 385 g/mol. The van der Waals surface area contributed by atoms with Crippen molar-refractivity contribution < 1.29 is 14.4 Å². The van der Waals surface area contributed by atoms with Crippen LogP contribution >= 0.6 is 0 Å². The third-order valence-electron chi connectivity index (χ3n) is 5.53. The topological polar surface area (TPSA) is 79.5 Å². The van der Waals surface area contributed by atoms with Crippen molar-refractivity contribution in [2.45, 2.75) is 70.6 Å². The Labute approximate surface area is 166 Å². The molecule has 3 rings (SSSR count). The Balaban J connectivity index is 1.46. The maximum Gasteiger partial charge on any atom is 0.407 e. The molecule has 6 heteroatoms. The summed E-state index contributed by atoms with van der Waals surface area (Å²) in [7, 11) is 0. The van der Waals surface area contributed by atoms with Crippen LogP contribution in [0.5, 0.6) is 0 Å². The Bertz CT molecular complexity index is 742. The number of amides is 1. The van der Waals surface area contributed by atoms with Crippen LogP contribution in [-0.2, 0) is 6.42 Å². The number of hydrogen-bond acceptors (Lipinski definition) is 4. The van der Waals surface area contributed by atoms with Gasteiger partial charge in [-0.15, -0.1) is 0 Å². The highest BCUT2D eigenvalue weighted by Gasteiger charge is 2.31. The van der Waals surface area contributed by atoms with E-state index in [4.69, 9.17) is 9.63 Å². The quantitative estimate of drug-likeness (QED) is 0.547. The molecule has 1 aliphatic rings. The fraction of sp³-hybridized carbons (Fsp3) is 0.591. The average Bonchev–Trinajstić information content (AvgIpc) is 3.37. The minimum Gasteiger partial charge on any atom is -0.465 e. The Morgan fingerprint density at radius 2 is 1.86 bits per heavy atom. The molecule has 152 valence electrons. The lowest BCUT2D eigenvalue weighted by atomic mass is 10.0. The highest BCUT2D eigenvalue weighted by atomic mass is 16.5. The van der Waals surface area contributed by atoms with E-state index in [1.54, 1.807) is 0 Å². The summed E-state index contributed by atoms with van der Waals surface area (Å²) in [5.74, 6) is 1.10. The first-order valence-corrected chi connectivity index (χ1v) is 10.6. The normalized spacial score (nSPS) is 16.6. The SMILES string of the molecule is CCCCCCCCCc1ccc(-c2noc([C@@H]3CCN(C(=O)O)C3)n2)cc1. The second-order valence-electron chi connectivity index (χ2n) is 7.74. The van der Waals surface area contributed by atoms with Crippen LogP contribution in [-0.4, -0.2) is 39.3 Å². The van der Waals surface area contributed by atoms with Crippen LogP contribution in [0.2, 0.25) is 0 Å². The van der Waals surface area contributed by atoms with Crippen molar-refractivity contribution in [1.29, 1.82) is 0 Å². The summed E-state index contributed by atoms with van der Waals surface area (Å²) in [5, 5.41) is 13.2. The first-order chi connectivity index (χ1) is 13.7. The Kier molecular flexibility index (Phi) is 7.46. The molecule has 1 amide bonds. The lowest BCUT2D eigenvalue weighted by Gasteiger charge is -2.09. The predicted octanol–water partition coefficient (Wildman–Crippen LogP) is 5.50. The zero-order valence-electron chi connectivity index (χ0n) is 16.8. The number of unbranched alkanes of at least 4 members (excludes halogenated alkanes) is 6. The van der Waals surface area contributed by atoms with Gasteiger partial charge in [0.1, 0.15) is 0 Å². The van der Waals surface area contributed by atoms with Gasteiger partial charge in [-0.05, 0) is 24.8 Å². The zero-order chi connectivity index (χ0) is 19.8. The molecule has 1 N–H and O–H groups in total. The highest BCUT2D eigenvalue weighted by Crippen LogP contribution is 2.28. The second-order valence-corrected chi connectivity index (χ2v) is 7.74. The Morgan fingerprint density at radius 1 is 1.14 bits per heavy atom. The lowest BCUT2D eigenvalue weighted by molar-refractivity contribution is 0.154. The largest absolute Gasteiger partial charge is 0.465 e. The van der Waals surface area contributed by atoms with Crippen LogP contribution in [0.15, 0.2) is 28.8 Å². The fourth-order valence-corrected chi connectivity index (χ4v) is 3.76. The Hall–Kier alpha value is -2.37. The van der Waals surface area contributed by atoms with Gasteiger partial charge in [0.05, 0.1) is 5.92 Å². The van der Waals surface area contributed by atoms with Gasteiger partial charge in [0.25, 0.3) is 0 Å². The maximum absolute atomic E-state index is 11.0. The molecule has 0 spiro atoms. The number of carboxylic acid groups (broad SMARTS) is 1. The van der Waals surface area contributed by atoms with Gasteiger partial charge in [-0.2, -0.15) is 4.98 Å². The van der Waals surface area contributed by atoms with Crippen LogP contribution in [0.1, 0.15) is 75.7 Å². The molecule has 1 aromatic heterocycles. The van der Waals surface area contributed by atoms with E-state index in [0.717, 1.165) is 18.4 Å². The van der Waals surface area contributed by atoms with Crippen molar-refractivity contribution in [2.24, 2.45) is 0 Å². The van der Waals surface area contributed by atoms with Gasteiger partial charge in [0, 0.05) is 18.7 Å². The molecule has 6 nitrogen and oxygen atoms in total. The summed E-state index contributed by atoms with van der Waals surface area (Å²) in [5.41, 5.74) is 2.28. The summed E-state index contributed by atoms with van der Waals surface area (Å²) in [6, 6.07) is 8.38. The van der Waals surface area contributed by atoms with E-state index >= 15 is 0 Å². The molecule has 0 radical (unpaired) electrons. The third-order valence-corrected chi connectivity index (χ3v) is 5.53. The van der Waals surface area contributed by atoms with Crippen molar-refractivity contribution in [2.75, 3.05) is 13.1 Å². The van der Waals surface area contributed by atoms with E-state index in [-0.39, 0.29) is 5.92 Å². The summed E-state index contributed by atoms with van der Waals surface area (Å²) < 4.78 is 5.40. The molecule has 0 bridgehead atoms. The summed E-state index contributed by atoms with van der Waals surface area (Å²) in [6.45, 7) is 3.19. The van der Waals surface area contributed by atoms with E-state index in [9.17, 15) is 4.79 Å². The molecule has 1 atom stereocenters. The molecular formula is C22H31N3O3. The average molecular weight is 386 g/mol. The standard InChI is InChI=1S/C22H31N3O3/c1-2-3-4-5-6-7-8-9-17-10-12-18(13-11-17)20-23-21(28-24-20)19-14-15-25(16-19)22(26)27/h10-13,19H,2-9,14-16H2,1H3,(H,26,27)/t19-/m1/s1. The third kappa shape index (κ3) is 5.57. The molecule has 2 aromatic rings. The van der Waals surface area contributed by atoms with E-state index in [1.165, 1.54) is 55.4 Å². The fourth-order valence-electron chi connectivity index (χ4n) is 3.76. The van der Waals surface area contributed by atoms with E-state index in [1.807, 2.05) is 12.1 Å². The number of nitrogens with zero attached hydrogens (tertiary/aromatic N) is 3. The first-order valence-electron chi connectivity index (χ1n) is 10.6. The van der Waals surface area contributed by atoms with Crippen molar-refractivity contribution in [3.05, 3.63) is 35.7 Å². The molecule has 1 fully saturated rings.